The fraction of sp³-hybridized carbons (Fsp3) is 0.111. The van der Waals surface area contributed by atoms with Crippen molar-refractivity contribution in [3.05, 3.63) is 81.8 Å². The highest BCUT2D eigenvalue weighted by molar-refractivity contribution is 7.92. The van der Waals surface area contributed by atoms with Crippen LogP contribution in [0.15, 0.2) is 75.4 Å². The smallest absolute Gasteiger partial charge is 0.326 e. The van der Waals surface area contributed by atoms with E-state index >= 15 is 0 Å². The number of sulfonamides is 1. The maximum atomic E-state index is 12.4. The van der Waals surface area contributed by atoms with Crippen LogP contribution in [0.3, 0.4) is 0 Å². The number of aryl methyl sites for hydroxylation is 1. The SMILES string of the molecule is O=C(CCn1ccc(=O)[nH]c1=O)Nc1ccc(S(=O)(=O)Nc2ccccn2)cc1. The number of H-pyrrole nitrogens is 1. The van der Waals surface area contributed by atoms with Crippen molar-refractivity contribution < 1.29 is 13.2 Å². The van der Waals surface area contributed by atoms with Crippen molar-refractivity contribution in [2.24, 2.45) is 0 Å². The first kappa shape index (κ1) is 20.0. The van der Waals surface area contributed by atoms with Crippen molar-refractivity contribution in [2.45, 2.75) is 17.9 Å². The first-order valence-corrected chi connectivity index (χ1v) is 9.95. The fourth-order valence-electron chi connectivity index (χ4n) is 2.40. The molecular formula is C18H17N5O5S. The molecule has 0 fully saturated rings. The van der Waals surface area contributed by atoms with Crippen molar-refractivity contribution in [3.63, 3.8) is 0 Å². The van der Waals surface area contributed by atoms with Crippen LogP contribution >= 0.6 is 0 Å². The van der Waals surface area contributed by atoms with Crippen molar-refractivity contribution >= 4 is 27.4 Å². The van der Waals surface area contributed by atoms with Gasteiger partial charge in [0.15, 0.2) is 0 Å². The van der Waals surface area contributed by atoms with Crippen molar-refractivity contribution in [3.8, 4) is 0 Å². The summed E-state index contributed by atoms with van der Waals surface area (Å²) in [5.41, 5.74) is -0.704. The summed E-state index contributed by atoms with van der Waals surface area (Å²) in [4.78, 5) is 40.7. The van der Waals surface area contributed by atoms with Crippen molar-refractivity contribution in [1.29, 1.82) is 0 Å². The maximum absolute atomic E-state index is 12.4. The number of nitrogens with one attached hydrogen (secondary N) is 3. The molecule has 0 bridgehead atoms. The molecule has 0 saturated carbocycles. The summed E-state index contributed by atoms with van der Waals surface area (Å²) in [5.74, 6) is -0.173. The number of pyridine rings is 1. The average molecular weight is 415 g/mol. The van der Waals surface area contributed by atoms with Gasteiger partial charge in [0.2, 0.25) is 5.91 Å². The van der Waals surface area contributed by atoms with E-state index in [2.05, 4.69) is 20.0 Å². The Hall–Kier alpha value is -3.73. The van der Waals surface area contributed by atoms with Gasteiger partial charge in [-0.05, 0) is 36.4 Å². The molecule has 0 aliphatic heterocycles. The van der Waals surface area contributed by atoms with E-state index < -0.39 is 21.3 Å². The number of carbonyl (C=O) groups is 1. The van der Waals surface area contributed by atoms with Gasteiger partial charge in [0.05, 0.1) is 4.90 Å². The molecule has 2 aromatic heterocycles. The van der Waals surface area contributed by atoms with Crippen molar-refractivity contribution in [1.82, 2.24) is 14.5 Å². The molecule has 0 aliphatic carbocycles. The van der Waals surface area contributed by atoms with Gasteiger partial charge in [-0.25, -0.2) is 18.2 Å². The van der Waals surface area contributed by atoms with Crippen molar-refractivity contribution in [2.75, 3.05) is 10.0 Å². The highest BCUT2D eigenvalue weighted by Gasteiger charge is 2.15. The maximum Gasteiger partial charge on any atom is 0.328 e. The molecule has 3 rings (SSSR count). The second kappa shape index (κ2) is 8.52. The quantitative estimate of drug-likeness (QED) is 0.520. The predicted molar refractivity (Wildman–Crippen MR) is 106 cm³/mol. The number of aromatic amines is 1. The minimum absolute atomic E-state index is 0.00671. The first-order chi connectivity index (χ1) is 13.8. The van der Waals surface area contributed by atoms with Crippen LogP contribution < -0.4 is 21.3 Å². The Kier molecular flexibility index (Phi) is 5.88. The molecule has 3 aromatic rings. The van der Waals surface area contributed by atoms with Crippen LogP contribution in [-0.2, 0) is 21.4 Å². The van der Waals surface area contributed by atoms with Gasteiger partial charge in [-0.2, -0.15) is 0 Å². The highest BCUT2D eigenvalue weighted by Crippen LogP contribution is 2.17. The minimum Gasteiger partial charge on any atom is -0.326 e. The highest BCUT2D eigenvalue weighted by atomic mass is 32.2. The lowest BCUT2D eigenvalue weighted by molar-refractivity contribution is -0.116. The average Bonchev–Trinajstić information content (AvgIpc) is 2.68. The van der Waals surface area contributed by atoms with E-state index in [1.165, 1.54) is 53.4 Å². The number of anilines is 2. The van der Waals surface area contributed by atoms with Gasteiger partial charge in [-0.15, -0.1) is 0 Å². The number of aromatic nitrogens is 3. The number of carbonyl (C=O) groups excluding carboxylic acids is 1. The van der Waals surface area contributed by atoms with Gasteiger partial charge in [-0.1, -0.05) is 6.07 Å². The van der Waals surface area contributed by atoms with Crippen LogP contribution in [0.25, 0.3) is 0 Å². The lowest BCUT2D eigenvalue weighted by atomic mass is 10.3. The molecular weight excluding hydrogens is 398 g/mol. The second-order valence-corrected chi connectivity index (χ2v) is 7.63. The number of nitrogens with zero attached hydrogens (tertiary/aromatic N) is 2. The standard InChI is InChI=1S/C18H17N5O5S/c24-16(8-11-23-12-9-17(25)21-18(23)26)20-13-4-6-14(7-5-13)29(27,28)22-15-3-1-2-10-19-15/h1-7,9-10,12H,8,11H2,(H,19,22)(H,20,24)(H,21,25,26). The van der Waals surface area contributed by atoms with Gasteiger partial charge in [0.25, 0.3) is 15.6 Å². The molecule has 29 heavy (non-hydrogen) atoms. The normalized spacial score (nSPS) is 11.0. The molecule has 0 atom stereocenters. The number of hydrogen-bond acceptors (Lipinski definition) is 6. The molecule has 2 heterocycles. The van der Waals surface area contributed by atoms with E-state index in [-0.39, 0.29) is 29.6 Å². The van der Waals surface area contributed by atoms with Crippen LogP contribution in [0, 0.1) is 0 Å². The van der Waals surface area contributed by atoms with Crippen LogP contribution in [-0.4, -0.2) is 28.9 Å². The van der Waals surface area contributed by atoms with Gasteiger partial charge in [0.1, 0.15) is 5.82 Å². The molecule has 0 unspecified atom stereocenters. The van der Waals surface area contributed by atoms with E-state index in [1.807, 2.05) is 0 Å². The Morgan fingerprint density at radius 3 is 2.48 bits per heavy atom. The molecule has 10 nitrogen and oxygen atoms in total. The largest absolute Gasteiger partial charge is 0.328 e. The van der Waals surface area contributed by atoms with Gasteiger partial charge in [-0.3, -0.25) is 19.3 Å². The molecule has 0 saturated heterocycles. The van der Waals surface area contributed by atoms with E-state index in [1.54, 1.807) is 12.1 Å². The predicted octanol–water partition coefficient (Wildman–Crippen LogP) is 0.761. The third-order valence-corrected chi connectivity index (χ3v) is 5.20. The third kappa shape index (κ3) is 5.39. The third-order valence-electron chi connectivity index (χ3n) is 3.83. The Bertz CT molecular complexity index is 1220. The summed E-state index contributed by atoms with van der Waals surface area (Å²) in [5, 5.41) is 2.62. The van der Waals surface area contributed by atoms with Crippen LogP contribution in [0.2, 0.25) is 0 Å². The van der Waals surface area contributed by atoms with Crippen LogP contribution in [0.1, 0.15) is 6.42 Å². The lowest BCUT2D eigenvalue weighted by Gasteiger charge is -2.09. The lowest BCUT2D eigenvalue weighted by Crippen LogP contribution is -2.29. The Morgan fingerprint density at radius 2 is 1.83 bits per heavy atom. The molecule has 1 amide bonds. The molecule has 0 spiro atoms. The van der Waals surface area contributed by atoms with Crippen LogP contribution in [0.5, 0.6) is 0 Å². The Balaban J connectivity index is 1.60. The zero-order chi connectivity index (χ0) is 20.9. The van der Waals surface area contributed by atoms with E-state index in [0.717, 1.165) is 0 Å². The zero-order valence-corrected chi connectivity index (χ0v) is 15.8. The summed E-state index contributed by atoms with van der Waals surface area (Å²) in [7, 11) is -3.81. The number of benzene rings is 1. The summed E-state index contributed by atoms with van der Waals surface area (Å²) < 4.78 is 28.3. The zero-order valence-electron chi connectivity index (χ0n) is 15.0. The summed E-state index contributed by atoms with van der Waals surface area (Å²) >= 11 is 0. The monoisotopic (exact) mass is 415 g/mol. The first-order valence-electron chi connectivity index (χ1n) is 8.47. The summed E-state index contributed by atoms with van der Waals surface area (Å²) in [6.07, 6.45) is 2.77. The molecule has 150 valence electrons. The van der Waals surface area contributed by atoms with Crippen LogP contribution in [0.4, 0.5) is 11.5 Å². The van der Waals surface area contributed by atoms with Gasteiger partial charge in [0, 0.05) is 37.1 Å². The number of amides is 1. The van der Waals surface area contributed by atoms with E-state index in [4.69, 9.17) is 0 Å². The fourth-order valence-corrected chi connectivity index (χ4v) is 3.41. The Labute approximate surface area is 165 Å². The van der Waals surface area contributed by atoms with Gasteiger partial charge < -0.3 is 9.88 Å². The summed E-state index contributed by atoms with van der Waals surface area (Å²) in [6.45, 7) is 0.0852. The number of rotatable bonds is 7. The topological polar surface area (TPSA) is 143 Å². The minimum atomic E-state index is -3.81. The molecule has 0 aliphatic rings. The molecule has 0 radical (unpaired) electrons. The van der Waals surface area contributed by atoms with Gasteiger partial charge >= 0.3 is 5.69 Å². The number of hydrogen-bond donors (Lipinski definition) is 3. The second-order valence-electron chi connectivity index (χ2n) is 5.95. The molecule has 3 N–H and O–H groups in total. The molecule has 11 heteroatoms. The van der Waals surface area contributed by atoms with E-state index in [9.17, 15) is 22.8 Å². The molecule has 1 aromatic carbocycles. The summed E-state index contributed by atoms with van der Waals surface area (Å²) in [6, 6.07) is 11.7. The Morgan fingerprint density at radius 1 is 1.07 bits per heavy atom. The van der Waals surface area contributed by atoms with E-state index in [0.29, 0.717) is 5.69 Å².